The molecule has 1 heterocycles. The van der Waals surface area contributed by atoms with Crippen molar-refractivity contribution in [1.82, 2.24) is 10.2 Å². The third kappa shape index (κ3) is 6.01. The molecule has 112 valence electrons. The van der Waals surface area contributed by atoms with Crippen molar-refractivity contribution in [3.8, 4) is 0 Å². The third-order valence-electron chi connectivity index (χ3n) is 2.76. The van der Waals surface area contributed by atoms with Gasteiger partial charge in [0.1, 0.15) is 5.60 Å². The zero-order valence-electron chi connectivity index (χ0n) is 12.5. The van der Waals surface area contributed by atoms with Gasteiger partial charge in [0.25, 0.3) is 0 Å². The SMILES string of the molecule is CSCC(C)(O)CNC1CN(C(=O)OC(C)(C)C)C1. The van der Waals surface area contributed by atoms with Crippen molar-refractivity contribution < 1.29 is 14.6 Å². The predicted molar refractivity (Wildman–Crippen MR) is 78.6 cm³/mol. The van der Waals surface area contributed by atoms with Crippen molar-refractivity contribution in [2.75, 3.05) is 31.6 Å². The second-order valence-electron chi connectivity index (χ2n) is 6.39. The average molecular weight is 290 g/mol. The van der Waals surface area contributed by atoms with Gasteiger partial charge in [0.05, 0.1) is 5.60 Å². The first-order valence-corrected chi connectivity index (χ1v) is 7.95. The van der Waals surface area contributed by atoms with Gasteiger partial charge >= 0.3 is 6.09 Å². The number of ether oxygens (including phenoxy) is 1. The van der Waals surface area contributed by atoms with E-state index >= 15 is 0 Å². The van der Waals surface area contributed by atoms with Crippen LogP contribution in [-0.4, -0.2) is 65.0 Å². The van der Waals surface area contributed by atoms with Crippen LogP contribution in [0.3, 0.4) is 0 Å². The zero-order chi connectivity index (χ0) is 14.7. The van der Waals surface area contributed by atoms with Crippen LogP contribution in [0.15, 0.2) is 0 Å². The molecular weight excluding hydrogens is 264 g/mol. The van der Waals surface area contributed by atoms with E-state index in [9.17, 15) is 9.90 Å². The van der Waals surface area contributed by atoms with E-state index in [1.807, 2.05) is 34.0 Å². The van der Waals surface area contributed by atoms with Crippen LogP contribution in [0.25, 0.3) is 0 Å². The van der Waals surface area contributed by atoms with Crippen LogP contribution in [0.4, 0.5) is 4.79 Å². The quantitative estimate of drug-likeness (QED) is 0.799. The molecule has 2 N–H and O–H groups in total. The predicted octanol–water partition coefficient (Wildman–Crippen LogP) is 1.31. The van der Waals surface area contributed by atoms with Crippen LogP contribution in [0, 0.1) is 0 Å². The van der Waals surface area contributed by atoms with Crippen molar-refractivity contribution >= 4 is 17.9 Å². The lowest BCUT2D eigenvalue weighted by Crippen LogP contribution is -2.62. The maximum absolute atomic E-state index is 11.7. The summed E-state index contributed by atoms with van der Waals surface area (Å²) in [7, 11) is 0. The standard InChI is InChI=1S/C13H26N2O3S/c1-12(2,3)18-11(16)15-6-10(7-15)14-8-13(4,17)9-19-5/h10,14,17H,6-9H2,1-5H3. The number of carbonyl (C=O) groups excluding carboxylic acids is 1. The Kier molecular flexibility index (Phi) is 5.53. The van der Waals surface area contributed by atoms with Gasteiger partial charge in [0.15, 0.2) is 0 Å². The number of nitrogens with one attached hydrogen (secondary N) is 1. The Morgan fingerprint density at radius 2 is 2.00 bits per heavy atom. The highest BCUT2D eigenvalue weighted by atomic mass is 32.2. The summed E-state index contributed by atoms with van der Waals surface area (Å²) in [5, 5.41) is 13.3. The summed E-state index contributed by atoms with van der Waals surface area (Å²) in [5.74, 6) is 0.697. The van der Waals surface area contributed by atoms with E-state index in [2.05, 4.69) is 5.32 Å². The van der Waals surface area contributed by atoms with Gasteiger partial charge in [-0.3, -0.25) is 0 Å². The van der Waals surface area contributed by atoms with Gasteiger partial charge in [-0.1, -0.05) is 0 Å². The summed E-state index contributed by atoms with van der Waals surface area (Å²) in [4.78, 5) is 13.4. The molecule has 1 aliphatic rings. The number of thioether (sulfide) groups is 1. The van der Waals surface area contributed by atoms with Gasteiger partial charge < -0.3 is 20.1 Å². The number of amides is 1. The average Bonchev–Trinajstić information content (AvgIpc) is 2.11. The van der Waals surface area contributed by atoms with Gasteiger partial charge in [-0.15, -0.1) is 0 Å². The first-order chi connectivity index (χ1) is 8.63. The molecule has 0 aromatic heterocycles. The van der Waals surface area contributed by atoms with Crippen LogP contribution in [0.2, 0.25) is 0 Å². The van der Waals surface area contributed by atoms with Gasteiger partial charge in [-0.05, 0) is 34.0 Å². The molecule has 0 radical (unpaired) electrons. The fourth-order valence-electron chi connectivity index (χ4n) is 1.81. The van der Waals surface area contributed by atoms with Crippen molar-refractivity contribution in [1.29, 1.82) is 0 Å². The summed E-state index contributed by atoms with van der Waals surface area (Å²) in [6, 6.07) is 0.251. The van der Waals surface area contributed by atoms with E-state index < -0.39 is 11.2 Å². The van der Waals surface area contributed by atoms with Crippen LogP contribution in [0.5, 0.6) is 0 Å². The minimum Gasteiger partial charge on any atom is -0.444 e. The van der Waals surface area contributed by atoms with E-state index in [4.69, 9.17) is 4.74 Å². The third-order valence-corrected chi connectivity index (χ3v) is 3.67. The van der Waals surface area contributed by atoms with E-state index in [0.29, 0.717) is 25.4 Å². The lowest BCUT2D eigenvalue weighted by Gasteiger charge is -2.41. The summed E-state index contributed by atoms with van der Waals surface area (Å²) in [6.45, 7) is 9.23. The second kappa shape index (κ2) is 6.33. The number of likely N-dealkylation sites (tertiary alicyclic amines) is 1. The fourth-order valence-corrected chi connectivity index (χ4v) is 2.53. The van der Waals surface area contributed by atoms with Crippen molar-refractivity contribution in [3.63, 3.8) is 0 Å². The van der Waals surface area contributed by atoms with E-state index in [0.717, 1.165) is 0 Å². The molecule has 0 spiro atoms. The lowest BCUT2D eigenvalue weighted by molar-refractivity contribution is 0.00214. The lowest BCUT2D eigenvalue weighted by atomic mass is 10.1. The van der Waals surface area contributed by atoms with Crippen LogP contribution in [-0.2, 0) is 4.74 Å². The summed E-state index contributed by atoms with van der Waals surface area (Å²) < 4.78 is 5.28. The summed E-state index contributed by atoms with van der Waals surface area (Å²) >= 11 is 1.62. The largest absolute Gasteiger partial charge is 0.444 e. The van der Waals surface area contributed by atoms with E-state index in [1.54, 1.807) is 16.7 Å². The Balaban J connectivity index is 2.22. The van der Waals surface area contributed by atoms with Crippen LogP contribution < -0.4 is 5.32 Å². The first-order valence-electron chi connectivity index (χ1n) is 6.55. The van der Waals surface area contributed by atoms with Crippen molar-refractivity contribution in [2.45, 2.75) is 44.9 Å². The van der Waals surface area contributed by atoms with Crippen LogP contribution in [0.1, 0.15) is 27.7 Å². The molecule has 0 aromatic carbocycles. The molecule has 5 nitrogen and oxygen atoms in total. The maximum atomic E-state index is 11.7. The normalized spacial score (nSPS) is 19.8. The molecule has 0 aromatic rings. The van der Waals surface area contributed by atoms with Crippen molar-refractivity contribution in [2.24, 2.45) is 0 Å². The number of hydrogen-bond donors (Lipinski definition) is 2. The summed E-state index contributed by atoms with van der Waals surface area (Å²) in [5.41, 5.74) is -1.15. The minimum atomic E-state index is -0.703. The van der Waals surface area contributed by atoms with Gasteiger partial charge in [0, 0.05) is 31.4 Å². The highest BCUT2D eigenvalue weighted by molar-refractivity contribution is 7.98. The van der Waals surface area contributed by atoms with Gasteiger partial charge in [0.2, 0.25) is 0 Å². The maximum Gasteiger partial charge on any atom is 0.410 e. The molecule has 0 saturated carbocycles. The highest BCUT2D eigenvalue weighted by Crippen LogP contribution is 2.16. The smallest absolute Gasteiger partial charge is 0.410 e. The molecule has 19 heavy (non-hydrogen) atoms. The Morgan fingerprint density at radius 1 is 1.42 bits per heavy atom. The molecule has 1 unspecified atom stereocenters. The number of carbonyl (C=O) groups is 1. The van der Waals surface area contributed by atoms with Crippen molar-refractivity contribution in [3.05, 3.63) is 0 Å². The fraction of sp³-hybridized carbons (Fsp3) is 0.923. The monoisotopic (exact) mass is 290 g/mol. The molecule has 1 aliphatic heterocycles. The second-order valence-corrected chi connectivity index (χ2v) is 7.26. The van der Waals surface area contributed by atoms with E-state index in [1.165, 1.54) is 0 Å². The highest BCUT2D eigenvalue weighted by Gasteiger charge is 2.34. The minimum absolute atomic E-state index is 0.251. The zero-order valence-corrected chi connectivity index (χ0v) is 13.3. The van der Waals surface area contributed by atoms with Gasteiger partial charge in [-0.25, -0.2) is 4.79 Å². The molecule has 1 atom stereocenters. The molecule has 0 bridgehead atoms. The number of nitrogens with zero attached hydrogens (tertiary/aromatic N) is 1. The number of hydrogen-bond acceptors (Lipinski definition) is 5. The number of aliphatic hydroxyl groups is 1. The topological polar surface area (TPSA) is 61.8 Å². The molecule has 1 amide bonds. The van der Waals surface area contributed by atoms with E-state index in [-0.39, 0.29) is 12.1 Å². The molecule has 1 rings (SSSR count). The Morgan fingerprint density at radius 3 is 2.47 bits per heavy atom. The molecule has 1 saturated heterocycles. The summed E-state index contributed by atoms with van der Waals surface area (Å²) in [6.07, 6.45) is 1.71. The molecule has 0 aliphatic carbocycles. The number of rotatable bonds is 5. The van der Waals surface area contributed by atoms with Crippen LogP contribution >= 0.6 is 11.8 Å². The van der Waals surface area contributed by atoms with Gasteiger partial charge in [-0.2, -0.15) is 11.8 Å². The Hall–Kier alpha value is -0.460. The molecule has 1 fully saturated rings. The Labute approximate surface area is 120 Å². The first kappa shape index (κ1) is 16.6. The molecule has 6 heteroatoms. The molecular formula is C13H26N2O3S. The Bertz CT molecular complexity index is 310.